The van der Waals surface area contributed by atoms with Gasteiger partial charge in [-0.05, 0) is 39.1 Å². The predicted octanol–water partition coefficient (Wildman–Crippen LogP) is 3.79. The molecule has 2 unspecified atom stereocenters. The lowest BCUT2D eigenvalue weighted by molar-refractivity contribution is -0.150. The van der Waals surface area contributed by atoms with Crippen LogP contribution in [0.15, 0.2) is 24.3 Å². The summed E-state index contributed by atoms with van der Waals surface area (Å²) in [7, 11) is 0. The highest BCUT2D eigenvalue weighted by Gasteiger charge is 2.44. The van der Waals surface area contributed by atoms with Crippen LogP contribution in [-0.2, 0) is 14.3 Å². The maximum absolute atomic E-state index is 12.7. The van der Waals surface area contributed by atoms with Crippen molar-refractivity contribution in [2.75, 3.05) is 13.2 Å². The van der Waals surface area contributed by atoms with E-state index in [0.29, 0.717) is 10.4 Å². The third-order valence-corrected chi connectivity index (χ3v) is 5.35. The van der Waals surface area contributed by atoms with Crippen LogP contribution in [0, 0.1) is 0 Å². The van der Waals surface area contributed by atoms with Gasteiger partial charge >= 0.3 is 12.1 Å². The number of rotatable bonds is 2. The number of nitrogens with zero attached hydrogens (tertiary/aromatic N) is 1. The first kappa shape index (κ1) is 18.7. The Bertz CT molecular complexity index is 838. The van der Waals surface area contributed by atoms with E-state index in [9.17, 15) is 14.7 Å². The lowest BCUT2D eigenvalue weighted by atomic mass is 9.95. The molecule has 1 aliphatic rings. The maximum Gasteiger partial charge on any atom is 0.411 e. The fourth-order valence-corrected chi connectivity index (χ4v) is 4.32. The minimum atomic E-state index is -0.931. The summed E-state index contributed by atoms with van der Waals surface area (Å²) in [5, 5.41) is 11.5. The number of esters is 1. The molecular formula is C19H23NO5S. The summed E-state index contributed by atoms with van der Waals surface area (Å²) in [5.41, 5.74) is -0.0771. The molecule has 2 atom stereocenters. The Balaban J connectivity index is 2.12. The Morgan fingerprint density at radius 3 is 2.65 bits per heavy atom. The fourth-order valence-electron chi connectivity index (χ4n) is 3.11. The molecule has 7 heteroatoms. The van der Waals surface area contributed by atoms with E-state index in [4.69, 9.17) is 9.47 Å². The van der Waals surface area contributed by atoms with Gasteiger partial charge < -0.3 is 14.6 Å². The molecular weight excluding hydrogens is 354 g/mol. The van der Waals surface area contributed by atoms with Crippen molar-refractivity contribution in [2.45, 2.75) is 45.4 Å². The Labute approximate surface area is 156 Å². The van der Waals surface area contributed by atoms with E-state index in [1.165, 1.54) is 16.2 Å². The number of carbonyl (C=O) groups is 2. The number of β-amino-alcohol motifs (C(OH)–C–C–N with tert-alkyl or cyclic N) is 1. The Morgan fingerprint density at radius 2 is 2.00 bits per heavy atom. The molecule has 1 amide bonds. The van der Waals surface area contributed by atoms with Crippen molar-refractivity contribution in [1.82, 2.24) is 4.90 Å². The molecule has 1 N–H and O–H groups in total. The van der Waals surface area contributed by atoms with Crippen molar-refractivity contribution in [3.8, 4) is 0 Å². The summed E-state index contributed by atoms with van der Waals surface area (Å²) in [6.45, 7) is 7.19. The predicted molar refractivity (Wildman–Crippen MR) is 99.1 cm³/mol. The first-order valence-corrected chi connectivity index (χ1v) is 9.40. The minimum Gasteiger partial charge on any atom is -0.464 e. The Hall–Kier alpha value is -2.12. The SMILES string of the molecule is CCOC(=O)C1c2c(sc3ccccc23)C(O)CN1C(=O)OC(C)(C)C. The van der Waals surface area contributed by atoms with Crippen molar-refractivity contribution in [2.24, 2.45) is 0 Å². The first-order valence-electron chi connectivity index (χ1n) is 8.58. The lowest BCUT2D eigenvalue weighted by Crippen LogP contribution is -2.47. The van der Waals surface area contributed by atoms with Crippen LogP contribution in [0.1, 0.15) is 50.3 Å². The zero-order chi connectivity index (χ0) is 19.1. The summed E-state index contributed by atoms with van der Waals surface area (Å²) in [5.74, 6) is -0.518. The molecule has 2 heterocycles. The minimum absolute atomic E-state index is 0.0157. The highest BCUT2D eigenvalue weighted by atomic mass is 32.1. The standard InChI is InChI=1S/C19H23NO5S/c1-5-24-17(22)15-14-11-8-6-7-9-13(11)26-16(14)12(21)10-20(15)18(23)25-19(2,3)4/h6-9,12,15,21H,5,10H2,1-4H3. The van der Waals surface area contributed by atoms with Crippen molar-refractivity contribution in [3.05, 3.63) is 34.7 Å². The van der Waals surface area contributed by atoms with Crippen LogP contribution in [0.2, 0.25) is 0 Å². The van der Waals surface area contributed by atoms with E-state index in [1.54, 1.807) is 27.7 Å². The Kier molecular flexibility index (Phi) is 4.94. The third-order valence-electron chi connectivity index (χ3n) is 4.06. The number of aliphatic hydroxyl groups is 1. The third kappa shape index (κ3) is 3.41. The van der Waals surface area contributed by atoms with E-state index in [2.05, 4.69) is 0 Å². The highest BCUT2D eigenvalue weighted by molar-refractivity contribution is 7.19. The molecule has 0 aliphatic carbocycles. The van der Waals surface area contributed by atoms with Crippen LogP contribution in [0.5, 0.6) is 0 Å². The average molecular weight is 377 g/mol. The quantitative estimate of drug-likeness (QED) is 0.806. The molecule has 2 aromatic rings. The van der Waals surface area contributed by atoms with Crippen LogP contribution in [-0.4, -0.2) is 40.8 Å². The molecule has 0 saturated heterocycles. The molecule has 1 aromatic carbocycles. The number of carbonyl (C=O) groups excluding carboxylic acids is 2. The van der Waals surface area contributed by atoms with Crippen molar-refractivity contribution >= 4 is 33.5 Å². The van der Waals surface area contributed by atoms with Gasteiger partial charge in [0.15, 0.2) is 6.04 Å². The zero-order valence-corrected chi connectivity index (χ0v) is 16.1. The number of benzene rings is 1. The molecule has 26 heavy (non-hydrogen) atoms. The number of hydrogen-bond acceptors (Lipinski definition) is 6. The van der Waals surface area contributed by atoms with Crippen molar-refractivity contribution in [3.63, 3.8) is 0 Å². The largest absolute Gasteiger partial charge is 0.464 e. The molecule has 140 valence electrons. The molecule has 0 saturated carbocycles. The van der Waals surface area contributed by atoms with E-state index in [1.807, 2.05) is 24.3 Å². The van der Waals surface area contributed by atoms with Crippen LogP contribution < -0.4 is 0 Å². The van der Waals surface area contributed by atoms with Gasteiger partial charge in [-0.25, -0.2) is 9.59 Å². The summed E-state index contributed by atoms with van der Waals surface area (Å²) in [6, 6.07) is 6.67. The highest BCUT2D eigenvalue weighted by Crippen LogP contribution is 2.45. The van der Waals surface area contributed by atoms with Gasteiger partial charge in [0.1, 0.15) is 11.7 Å². The second-order valence-electron chi connectivity index (χ2n) is 7.18. The fraction of sp³-hybridized carbons (Fsp3) is 0.474. The monoisotopic (exact) mass is 377 g/mol. The summed E-state index contributed by atoms with van der Waals surface area (Å²) < 4.78 is 11.7. The normalized spacial score (nSPS) is 20.0. The van der Waals surface area contributed by atoms with Gasteiger partial charge in [-0.1, -0.05) is 18.2 Å². The molecule has 1 aromatic heterocycles. The van der Waals surface area contributed by atoms with Gasteiger partial charge in [0.2, 0.25) is 0 Å². The summed E-state index contributed by atoms with van der Waals surface area (Å²) >= 11 is 1.44. The van der Waals surface area contributed by atoms with E-state index in [0.717, 1.165) is 10.1 Å². The smallest absolute Gasteiger partial charge is 0.411 e. The topological polar surface area (TPSA) is 76.1 Å². The molecule has 0 radical (unpaired) electrons. The second-order valence-corrected chi connectivity index (χ2v) is 8.26. The average Bonchev–Trinajstić information content (AvgIpc) is 2.93. The summed E-state index contributed by atoms with van der Waals surface area (Å²) in [6.07, 6.45) is -1.52. The van der Waals surface area contributed by atoms with Crippen LogP contribution in [0.3, 0.4) is 0 Å². The van der Waals surface area contributed by atoms with Gasteiger partial charge in [-0.3, -0.25) is 4.90 Å². The molecule has 1 aliphatic heterocycles. The molecule has 0 spiro atoms. The number of fused-ring (bicyclic) bond motifs is 3. The van der Waals surface area contributed by atoms with Gasteiger partial charge in [0.25, 0.3) is 0 Å². The van der Waals surface area contributed by atoms with Gasteiger partial charge in [0, 0.05) is 15.1 Å². The molecule has 6 nitrogen and oxygen atoms in total. The first-order chi connectivity index (χ1) is 12.2. The van der Waals surface area contributed by atoms with Gasteiger partial charge in [-0.15, -0.1) is 11.3 Å². The van der Waals surface area contributed by atoms with E-state index < -0.39 is 29.8 Å². The summed E-state index contributed by atoms with van der Waals surface area (Å²) in [4.78, 5) is 27.4. The van der Waals surface area contributed by atoms with E-state index in [-0.39, 0.29) is 13.2 Å². The molecule has 0 fully saturated rings. The number of hydrogen-bond donors (Lipinski definition) is 1. The van der Waals surface area contributed by atoms with Crippen molar-refractivity contribution in [1.29, 1.82) is 0 Å². The van der Waals surface area contributed by atoms with Crippen LogP contribution in [0.4, 0.5) is 4.79 Å². The van der Waals surface area contributed by atoms with Gasteiger partial charge in [0.05, 0.1) is 13.2 Å². The van der Waals surface area contributed by atoms with Crippen LogP contribution in [0.25, 0.3) is 10.1 Å². The molecule has 0 bridgehead atoms. The number of ether oxygens (including phenoxy) is 2. The van der Waals surface area contributed by atoms with E-state index >= 15 is 0 Å². The maximum atomic E-state index is 12.7. The van der Waals surface area contributed by atoms with Crippen molar-refractivity contribution < 1.29 is 24.2 Å². The van der Waals surface area contributed by atoms with Crippen LogP contribution >= 0.6 is 11.3 Å². The zero-order valence-electron chi connectivity index (χ0n) is 15.3. The Morgan fingerprint density at radius 1 is 1.31 bits per heavy atom. The number of thiophene rings is 1. The van der Waals surface area contributed by atoms with Gasteiger partial charge in [-0.2, -0.15) is 0 Å². The lowest BCUT2D eigenvalue weighted by Gasteiger charge is -2.37. The molecule has 3 rings (SSSR count). The second kappa shape index (κ2) is 6.89. The number of aliphatic hydroxyl groups excluding tert-OH is 1. The number of amides is 1.